The quantitative estimate of drug-likeness (QED) is 0.733. The Morgan fingerprint density at radius 3 is 2.54 bits per heavy atom. The summed E-state index contributed by atoms with van der Waals surface area (Å²) in [7, 11) is 0. The first-order valence-corrected chi connectivity index (χ1v) is 8.17. The van der Waals surface area contributed by atoms with Crippen molar-refractivity contribution in [2.75, 3.05) is 10.6 Å². The summed E-state index contributed by atoms with van der Waals surface area (Å²) in [5.74, 6) is 0.170. The van der Waals surface area contributed by atoms with Crippen LogP contribution in [0.1, 0.15) is 28.5 Å². The maximum atomic E-state index is 12.3. The van der Waals surface area contributed by atoms with Gasteiger partial charge >= 0.3 is 0 Å². The van der Waals surface area contributed by atoms with Crippen LogP contribution >= 0.6 is 0 Å². The lowest BCUT2D eigenvalue weighted by Crippen LogP contribution is -2.14. The highest BCUT2D eigenvalue weighted by atomic mass is 16.1. The van der Waals surface area contributed by atoms with Crippen LogP contribution in [0.15, 0.2) is 60.9 Å². The van der Waals surface area contributed by atoms with Gasteiger partial charge < -0.3 is 10.6 Å². The highest BCUT2D eigenvalue weighted by molar-refractivity contribution is 6.02. The van der Waals surface area contributed by atoms with E-state index in [9.17, 15) is 4.79 Å². The number of nitrogens with one attached hydrogen (secondary N) is 2. The molecule has 6 heteroatoms. The molecule has 3 aromatic rings. The average molecular weight is 343 g/mol. The van der Waals surface area contributed by atoms with E-state index in [0.29, 0.717) is 17.1 Å². The Morgan fingerprint density at radius 2 is 1.88 bits per heavy atom. The van der Waals surface area contributed by atoms with Crippen LogP contribution in [0, 0.1) is 11.3 Å². The Morgan fingerprint density at radius 1 is 1.08 bits per heavy atom. The van der Waals surface area contributed by atoms with Gasteiger partial charge in [0.25, 0.3) is 5.91 Å². The molecule has 0 aliphatic rings. The number of hydrogen-bond acceptors (Lipinski definition) is 5. The van der Waals surface area contributed by atoms with E-state index in [-0.39, 0.29) is 11.6 Å². The van der Waals surface area contributed by atoms with Crippen LogP contribution in [0.3, 0.4) is 0 Å². The summed E-state index contributed by atoms with van der Waals surface area (Å²) in [5.41, 5.74) is 3.42. The summed E-state index contributed by atoms with van der Waals surface area (Å²) in [6, 6.07) is 16.8. The maximum absolute atomic E-state index is 12.3. The zero-order chi connectivity index (χ0) is 18.4. The molecule has 0 saturated carbocycles. The highest BCUT2D eigenvalue weighted by Gasteiger charge is 2.09. The van der Waals surface area contributed by atoms with E-state index in [1.807, 2.05) is 30.3 Å². The van der Waals surface area contributed by atoms with Gasteiger partial charge in [0.2, 0.25) is 0 Å². The second-order valence-corrected chi connectivity index (χ2v) is 5.61. The third kappa shape index (κ3) is 4.22. The zero-order valence-corrected chi connectivity index (χ0v) is 14.2. The van der Waals surface area contributed by atoms with Gasteiger partial charge in [0, 0.05) is 11.4 Å². The molecule has 0 aliphatic carbocycles. The minimum atomic E-state index is -0.320. The molecule has 0 radical (unpaired) electrons. The van der Waals surface area contributed by atoms with Crippen LogP contribution in [-0.4, -0.2) is 15.9 Å². The molecule has 3 rings (SSSR count). The summed E-state index contributed by atoms with van der Waals surface area (Å²) in [6.07, 6.45) is 3.84. The number of amides is 1. The van der Waals surface area contributed by atoms with E-state index in [2.05, 4.69) is 33.6 Å². The number of anilines is 3. The van der Waals surface area contributed by atoms with Crippen molar-refractivity contribution in [2.45, 2.75) is 13.3 Å². The van der Waals surface area contributed by atoms with E-state index >= 15 is 0 Å². The first kappa shape index (κ1) is 17.1. The molecule has 2 N–H and O–H groups in total. The molecule has 6 nitrogen and oxygen atoms in total. The zero-order valence-electron chi connectivity index (χ0n) is 14.2. The topological polar surface area (TPSA) is 90.7 Å². The predicted octanol–water partition coefficient (Wildman–Crippen LogP) is 3.91. The Hall–Kier alpha value is -3.72. The van der Waals surface area contributed by atoms with Gasteiger partial charge in [-0.1, -0.05) is 25.1 Å². The third-order valence-electron chi connectivity index (χ3n) is 3.77. The molecule has 0 atom stereocenters. The Balaban J connectivity index is 1.66. The number of aromatic nitrogens is 2. The van der Waals surface area contributed by atoms with E-state index in [4.69, 9.17) is 5.26 Å². The highest BCUT2D eigenvalue weighted by Crippen LogP contribution is 2.16. The normalized spacial score (nSPS) is 10.0. The van der Waals surface area contributed by atoms with Crippen LogP contribution in [0.25, 0.3) is 0 Å². The molecular formula is C20H17N5O. The fraction of sp³-hybridized carbons (Fsp3) is 0.100. The minimum Gasteiger partial charge on any atom is -0.339 e. The molecule has 0 aliphatic heterocycles. The molecule has 0 unspecified atom stereocenters. The van der Waals surface area contributed by atoms with Gasteiger partial charge in [-0.05, 0) is 42.3 Å². The molecule has 0 saturated heterocycles. The molecule has 1 heterocycles. The Kier molecular flexibility index (Phi) is 5.20. The fourth-order valence-electron chi connectivity index (χ4n) is 2.34. The second-order valence-electron chi connectivity index (χ2n) is 5.61. The van der Waals surface area contributed by atoms with Crippen molar-refractivity contribution in [1.29, 1.82) is 5.26 Å². The fourth-order valence-corrected chi connectivity index (χ4v) is 2.34. The van der Waals surface area contributed by atoms with Crippen molar-refractivity contribution in [3.63, 3.8) is 0 Å². The van der Waals surface area contributed by atoms with Gasteiger partial charge in [0.15, 0.2) is 0 Å². The summed E-state index contributed by atoms with van der Waals surface area (Å²) in [4.78, 5) is 20.6. The van der Waals surface area contributed by atoms with Crippen LogP contribution in [0.5, 0.6) is 0 Å². The lowest BCUT2D eigenvalue weighted by Gasteiger charge is -2.07. The number of nitriles is 1. The summed E-state index contributed by atoms with van der Waals surface area (Å²) < 4.78 is 0. The van der Waals surface area contributed by atoms with Crippen molar-refractivity contribution in [2.24, 2.45) is 0 Å². The monoisotopic (exact) mass is 343 g/mol. The molecule has 1 aromatic heterocycles. The van der Waals surface area contributed by atoms with Gasteiger partial charge in [-0.15, -0.1) is 0 Å². The van der Waals surface area contributed by atoms with Crippen molar-refractivity contribution in [1.82, 2.24) is 9.97 Å². The minimum absolute atomic E-state index is 0.223. The SMILES string of the molecule is CCc1ccc(NC(=O)c2cnc(Nc3cccc(C#N)c3)cn2)cc1. The molecular weight excluding hydrogens is 326 g/mol. The van der Waals surface area contributed by atoms with Gasteiger partial charge in [-0.3, -0.25) is 4.79 Å². The number of nitrogens with zero attached hydrogens (tertiary/aromatic N) is 3. The van der Waals surface area contributed by atoms with E-state index in [1.54, 1.807) is 18.2 Å². The summed E-state index contributed by atoms with van der Waals surface area (Å²) in [6.45, 7) is 2.08. The number of carbonyl (C=O) groups is 1. The number of benzene rings is 2. The van der Waals surface area contributed by atoms with Crippen molar-refractivity contribution in [3.05, 3.63) is 77.7 Å². The van der Waals surface area contributed by atoms with E-state index in [1.165, 1.54) is 18.0 Å². The van der Waals surface area contributed by atoms with Crippen LogP contribution in [0.2, 0.25) is 0 Å². The van der Waals surface area contributed by atoms with E-state index < -0.39 is 0 Å². The molecule has 2 aromatic carbocycles. The molecule has 1 amide bonds. The van der Waals surface area contributed by atoms with Crippen LogP contribution in [0.4, 0.5) is 17.2 Å². The lowest BCUT2D eigenvalue weighted by atomic mass is 10.1. The first-order valence-electron chi connectivity index (χ1n) is 8.17. The first-order chi connectivity index (χ1) is 12.7. The van der Waals surface area contributed by atoms with Crippen molar-refractivity contribution < 1.29 is 4.79 Å². The predicted molar refractivity (Wildman–Crippen MR) is 100 cm³/mol. The second kappa shape index (κ2) is 7.90. The summed E-state index contributed by atoms with van der Waals surface area (Å²) in [5, 5.41) is 14.8. The molecule has 0 spiro atoms. The molecule has 0 bridgehead atoms. The van der Waals surface area contributed by atoms with Crippen LogP contribution in [-0.2, 0) is 6.42 Å². The Labute approximate surface area is 151 Å². The molecule has 26 heavy (non-hydrogen) atoms. The standard InChI is InChI=1S/C20H17N5O/c1-2-14-6-8-16(9-7-14)25-20(26)18-12-23-19(13-22-18)24-17-5-3-4-15(10-17)11-21/h3-10,12-13H,2H2,1H3,(H,23,24)(H,25,26). The van der Waals surface area contributed by atoms with Crippen LogP contribution < -0.4 is 10.6 Å². The number of aryl methyl sites for hydroxylation is 1. The smallest absolute Gasteiger partial charge is 0.275 e. The van der Waals surface area contributed by atoms with E-state index in [0.717, 1.165) is 12.1 Å². The molecule has 128 valence electrons. The van der Waals surface area contributed by atoms with Gasteiger partial charge in [-0.2, -0.15) is 5.26 Å². The molecule has 0 fully saturated rings. The third-order valence-corrected chi connectivity index (χ3v) is 3.77. The van der Waals surface area contributed by atoms with Crippen molar-refractivity contribution in [3.8, 4) is 6.07 Å². The maximum Gasteiger partial charge on any atom is 0.275 e. The largest absolute Gasteiger partial charge is 0.339 e. The lowest BCUT2D eigenvalue weighted by molar-refractivity contribution is 0.102. The van der Waals surface area contributed by atoms with Gasteiger partial charge in [-0.25, -0.2) is 9.97 Å². The van der Waals surface area contributed by atoms with Crippen molar-refractivity contribution >= 4 is 23.1 Å². The Bertz CT molecular complexity index is 943. The summed E-state index contributed by atoms with van der Waals surface area (Å²) >= 11 is 0. The number of hydrogen-bond donors (Lipinski definition) is 2. The van der Waals surface area contributed by atoms with Gasteiger partial charge in [0.05, 0.1) is 24.0 Å². The number of carbonyl (C=O) groups excluding carboxylic acids is 1. The average Bonchev–Trinajstić information content (AvgIpc) is 2.69. The number of rotatable bonds is 5. The van der Waals surface area contributed by atoms with Gasteiger partial charge in [0.1, 0.15) is 11.5 Å².